The Morgan fingerprint density at radius 1 is 1.27 bits per heavy atom. The van der Waals surface area contributed by atoms with Gasteiger partial charge < -0.3 is 0 Å². The van der Waals surface area contributed by atoms with Gasteiger partial charge >= 0.3 is 0 Å². The molecule has 0 fully saturated rings. The molecule has 1 heterocycles. The lowest BCUT2D eigenvalue weighted by Crippen LogP contribution is -1.87. The van der Waals surface area contributed by atoms with Crippen molar-refractivity contribution in [1.82, 2.24) is 4.98 Å². The number of hydrogen-bond acceptors (Lipinski definition) is 1. The second-order valence-electron chi connectivity index (χ2n) is 2.51. The topological polar surface area (TPSA) is 12.9 Å². The molecule has 58 valence electrons. The fraction of sp³-hybridized carbons (Fsp3) is 0.300. The Balaban J connectivity index is 0.00000121. The van der Waals surface area contributed by atoms with Gasteiger partial charge in [0.05, 0.1) is 0 Å². The van der Waals surface area contributed by atoms with E-state index in [1.165, 1.54) is 0 Å². The van der Waals surface area contributed by atoms with Crippen molar-refractivity contribution in [3.05, 3.63) is 29.1 Å². The highest BCUT2D eigenvalue weighted by Crippen LogP contribution is 2.02. The maximum Gasteiger partial charge on any atom is 0.0388 e. The smallest absolute Gasteiger partial charge is 0.0388 e. The lowest BCUT2D eigenvalue weighted by molar-refractivity contribution is 1.12. The number of rotatable bonds is 0. The van der Waals surface area contributed by atoms with Crippen LogP contribution in [0.25, 0.3) is 0 Å². The van der Waals surface area contributed by atoms with E-state index in [2.05, 4.69) is 16.8 Å². The van der Waals surface area contributed by atoms with Gasteiger partial charge in [-0.3, -0.25) is 4.98 Å². The Morgan fingerprint density at radius 3 is 2.27 bits per heavy atom. The highest BCUT2D eigenvalue weighted by Gasteiger charge is 1.91. The van der Waals surface area contributed by atoms with Crippen LogP contribution in [0, 0.1) is 25.7 Å². The third-order valence-corrected chi connectivity index (χ3v) is 1.35. The van der Waals surface area contributed by atoms with Gasteiger partial charge in [0.25, 0.3) is 0 Å². The van der Waals surface area contributed by atoms with Crippen LogP contribution in [0.2, 0.25) is 0 Å². The first kappa shape index (κ1) is 7.81. The number of aromatic nitrogens is 1. The fourth-order valence-electron chi connectivity index (χ4n) is 1.05. The van der Waals surface area contributed by atoms with Gasteiger partial charge in [-0.05, 0) is 32.9 Å². The lowest BCUT2D eigenvalue weighted by atomic mass is 10.2. The van der Waals surface area contributed by atoms with Gasteiger partial charge in [-0.2, -0.15) is 0 Å². The molecular formula is C10H13N. The molecule has 0 bridgehead atoms. The van der Waals surface area contributed by atoms with Crippen molar-refractivity contribution in [2.45, 2.75) is 20.8 Å². The molecule has 0 aliphatic rings. The van der Waals surface area contributed by atoms with Crippen molar-refractivity contribution in [2.75, 3.05) is 0 Å². The van der Waals surface area contributed by atoms with Crippen LogP contribution in [-0.4, -0.2) is 4.98 Å². The maximum absolute atomic E-state index is 4.25. The lowest BCUT2D eigenvalue weighted by Gasteiger charge is -1.96. The van der Waals surface area contributed by atoms with Crippen LogP contribution in [0.15, 0.2) is 12.1 Å². The number of aryl methyl sites for hydroxylation is 2. The summed E-state index contributed by atoms with van der Waals surface area (Å²) in [6, 6.07) is 3.98. The van der Waals surface area contributed by atoms with Crippen molar-refractivity contribution < 1.29 is 1.43 Å². The molecule has 0 unspecified atom stereocenters. The van der Waals surface area contributed by atoms with Gasteiger partial charge in [-0.1, -0.05) is 5.92 Å². The first-order valence-electron chi connectivity index (χ1n) is 3.60. The van der Waals surface area contributed by atoms with E-state index in [1.54, 1.807) is 0 Å². The van der Waals surface area contributed by atoms with E-state index in [4.69, 9.17) is 0 Å². The van der Waals surface area contributed by atoms with Crippen LogP contribution < -0.4 is 0 Å². The number of pyridine rings is 1. The quantitative estimate of drug-likeness (QED) is 0.513. The molecule has 11 heavy (non-hydrogen) atoms. The molecule has 1 aromatic heterocycles. The van der Waals surface area contributed by atoms with E-state index >= 15 is 0 Å². The second-order valence-corrected chi connectivity index (χ2v) is 2.51. The molecule has 1 aromatic rings. The maximum atomic E-state index is 4.25. The Labute approximate surface area is 69.0 Å². The molecule has 0 amide bonds. The predicted molar refractivity (Wildman–Crippen MR) is 48.4 cm³/mol. The zero-order chi connectivity index (χ0) is 8.27. The van der Waals surface area contributed by atoms with Crippen molar-refractivity contribution in [2.24, 2.45) is 0 Å². The van der Waals surface area contributed by atoms with Crippen LogP contribution in [0.3, 0.4) is 0 Å². The molecule has 1 heteroatoms. The van der Waals surface area contributed by atoms with Crippen LogP contribution in [-0.2, 0) is 0 Å². The van der Waals surface area contributed by atoms with Crippen LogP contribution >= 0.6 is 0 Å². The summed E-state index contributed by atoms with van der Waals surface area (Å²) >= 11 is 0. The zero-order valence-corrected chi connectivity index (χ0v) is 7.10. The van der Waals surface area contributed by atoms with E-state index in [9.17, 15) is 0 Å². The molecule has 1 rings (SSSR count). The molecule has 0 spiro atoms. The normalized spacial score (nSPS) is 8.64. The van der Waals surface area contributed by atoms with Gasteiger partial charge in [0, 0.05) is 18.4 Å². The minimum Gasteiger partial charge on any atom is -0.258 e. The van der Waals surface area contributed by atoms with Crippen LogP contribution in [0.4, 0.5) is 0 Å². The molecule has 0 atom stereocenters. The Kier molecular flexibility index (Phi) is 2.28. The monoisotopic (exact) mass is 147 g/mol. The van der Waals surface area contributed by atoms with Crippen LogP contribution in [0.1, 0.15) is 25.3 Å². The zero-order valence-electron chi connectivity index (χ0n) is 7.10. The Bertz CT molecular complexity index is 300. The van der Waals surface area contributed by atoms with Crippen molar-refractivity contribution in [3.63, 3.8) is 0 Å². The van der Waals surface area contributed by atoms with Crippen molar-refractivity contribution in [3.8, 4) is 11.8 Å². The standard InChI is InChI=1S/C10H11N.H2/c1-4-5-10-6-8(2)11-9(3)7-10;/h6-7H,1-3H3;1H. The van der Waals surface area contributed by atoms with E-state index in [1.807, 2.05) is 32.9 Å². The number of hydrogen-bond donors (Lipinski definition) is 0. The summed E-state index contributed by atoms with van der Waals surface area (Å²) < 4.78 is 0. The fourth-order valence-corrected chi connectivity index (χ4v) is 1.05. The van der Waals surface area contributed by atoms with Crippen molar-refractivity contribution in [1.29, 1.82) is 0 Å². The SMILES string of the molecule is CC#Cc1cc(C)nc(C)c1.[HH]. The van der Waals surface area contributed by atoms with Gasteiger partial charge in [0.1, 0.15) is 0 Å². The average Bonchev–Trinajstić information content (AvgIpc) is 1.85. The minimum absolute atomic E-state index is 0. The Morgan fingerprint density at radius 2 is 1.82 bits per heavy atom. The number of nitrogens with zero attached hydrogens (tertiary/aromatic N) is 1. The highest BCUT2D eigenvalue weighted by molar-refractivity contribution is 5.35. The van der Waals surface area contributed by atoms with Gasteiger partial charge in [0.2, 0.25) is 0 Å². The first-order chi connectivity index (χ1) is 5.22. The average molecular weight is 147 g/mol. The van der Waals surface area contributed by atoms with E-state index in [-0.39, 0.29) is 1.43 Å². The van der Waals surface area contributed by atoms with Crippen LogP contribution in [0.5, 0.6) is 0 Å². The van der Waals surface area contributed by atoms with Gasteiger partial charge in [-0.25, -0.2) is 0 Å². The van der Waals surface area contributed by atoms with Gasteiger partial charge in [0.15, 0.2) is 0 Å². The molecule has 0 aliphatic carbocycles. The summed E-state index contributed by atoms with van der Waals surface area (Å²) in [5.74, 6) is 5.86. The largest absolute Gasteiger partial charge is 0.258 e. The Hall–Kier alpha value is -1.29. The highest BCUT2D eigenvalue weighted by atomic mass is 14.7. The molecule has 1 nitrogen and oxygen atoms in total. The summed E-state index contributed by atoms with van der Waals surface area (Å²) in [5.41, 5.74) is 3.11. The van der Waals surface area contributed by atoms with E-state index in [0.29, 0.717) is 0 Å². The third kappa shape index (κ3) is 2.09. The molecule has 0 saturated carbocycles. The summed E-state index contributed by atoms with van der Waals surface area (Å²) in [4.78, 5) is 4.25. The van der Waals surface area contributed by atoms with Crippen molar-refractivity contribution >= 4 is 0 Å². The van der Waals surface area contributed by atoms with E-state index < -0.39 is 0 Å². The predicted octanol–water partition coefficient (Wildman–Crippen LogP) is 2.32. The second kappa shape index (κ2) is 3.21. The molecular weight excluding hydrogens is 134 g/mol. The molecule has 0 aliphatic heterocycles. The van der Waals surface area contributed by atoms with E-state index in [0.717, 1.165) is 17.0 Å². The first-order valence-corrected chi connectivity index (χ1v) is 3.60. The molecule has 0 radical (unpaired) electrons. The summed E-state index contributed by atoms with van der Waals surface area (Å²) in [6.07, 6.45) is 0. The third-order valence-electron chi connectivity index (χ3n) is 1.35. The minimum atomic E-state index is 0. The summed E-state index contributed by atoms with van der Waals surface area (Å²) in [6.45, 7) is 5.80. The molecule has 0 saturated heterocycles. The summed E-state index contributed by atoms with van der Waals surface area (Å²) in [7, 11) is 0. The van der Waals surface area contributed by atoms with Gasteiger partial charge in [-0.15, -0.1) is 5.92 Å². The molecule has 0 aromatic carbocycles. The molecule has 0 N–H and O–H groups in total. The summed E-state index contributed by atoms with van der Waals surface area (Å²) in [5, 5.41) is 0.